The SMILES string of the molecule is O=C1CCC(N2C(=O)c3ccc(CN(CC4CCCO4)C4CCNCC4)cc3C2=O)C(=O)N1. The lowest BCUT2D eigenvalue weighted by atomic mass is 10.0. The zero-order valence-corrected chi connectivity index (χ0v) is 18.7. The van der Waals surface area contributed by atoms with Gasteiger partial charge in [-0.1, -0.05) is 6.07 Å². The van der Waals surface area contributed by atoms with Crippen LogP contribution in [0.4, 0.5) is 0 Å². The van der Waals surface area contributed by atoms with Crippen LogP contribution in [0.3, 0.4) is 0 Å². The molecule has 2 atom stereocenters. The lowest BCUT2D eigenvalue weighted by molar-refractivity contribution is -0.136. The smallest absolute Gasteiger partial charge is 0.262 e. The highest BCUT2D eigenvalue weighted by Crippen LogP contribution is 2.29. The normalized spacial score (nSPS) is 26.3. The van der Waals surface area contributed by atoms with E-state index in [0.29, 0.717) is 23.7 Å². The van der Waals surface area contributed by atoms with E-state index in [4.69, 9.17) is 4.74 Å². The summed E-state index contributed by atoms with van der Waals surface area (Å²) in [7, 11) is 0. The Morgan fingerprint density at radius 1 is 1.00 bits per heavy atom. The summed E-state index contributed by atoms with van der Waals surface area (Å²) in [6.45, 7) is 4.33. The van der Waals surface area contributed by atoms with Gasteiger partial charge in [-0.25, -0.2) is 0 Å². The molecule has 9 nitrogen and oxygen atoms in total. The monoisotopic (exact) mass is 454 g/mol. The van der Waals surface area contributed by atoms with Gasteiger partial charge in [-0.3, -0.25) is 34.3 Å². The zero-order chi connectivity index (χ0) is 22.9. The van der Waals surface area contributed by atoms with Gasteiger partial charge in [-0.05, 0) is 62.9 Å². The third-order valence-corrected chi connectivity index (χ3v) is 7.18. The molecule has 1 aromatic carbocycles. The molecule has 0 radical (unpaired) electrons. The van der Waals surface area contributed by atoms with Gasteiger partial charge in [0.1, 0.15) is 6.04 Å². The van der Waals surface area contributed by atoms with E-state index in [1.165, 1.54) is 0 Å². The number of ether oxygens (including phenoxy) is 1. The lowest BCUT2D eigenvalue weighted by Gasteiger charge is -2.36. The van der Waals surface area contributed by atoms with Crippen molar-refractivity contribution in [2.45, 2.75) is 63.3 Å². The van der Waals surface area contributed by atoms with Gasteiger partial charge >= 0.3 is 0 Å². The van der Waals surface area contributed by atoms with Crippen molar-refractivity contribution in [3.8, 4) is 0 Å². The maximum absolute atomic E-state index is 13.2. The zero-order valence-electron chi connectivity index (χ0n) is 18.7. The second kappa shape index (κ2) is 9.32. The number of fused-ring (bicyclic) bond motifs is 1. The van der Waals surface area contributed by atoms with E-state index in [0.717, 1.165) is 62.4 Å². The average molecular weight is 455 g/mol. The molecule has 1 aromatic rings. The van der Waals surface area contributed by atoms with Crippen LogP contribution in [0.15, 0.2) is 18.2 Å². The van der Waals surface area contributed by atoms with Gasteiger partial charge in [-0.2, -0.15) is 0 Å². The molecule has 0 saturated carbocycles. The highest BCUT2D eigenvalue weighted by Gasteiger charge is 2.44. The molecule has 4 aliphatic rings. The Morgan fingerprint density at radius 2 is 1.79 bits per heavy atom. The van der Waals surface area contributed by atoms with Gasteiger partial charge in [-0.15, -0.1) is 0 Å². The minimum absolute atomic E-state index is 0.115. The number of amides is 4. The largest absolute Gasteiger partial charge is 0.377 e. The van der Waals surface area contributed by atoms with Crippen molar-refractivity contribution >= 4 is 23.6 Å². The molecule has 176 valence electrons. The number of imide groups is 2. The first-order chi connectivity index (χ1) is 16.0. The number of rotatable bonds is 6. The van der Waals surface area contributed by atoms with E-state index in [-0.39, 0.29) is 24.9 Å². The Morgan fingerprint density at radius 3 is 2.52 bits per heavy atom. The van der Waals surface area contributed by atoms with Crippen LogP contribution in [0, 0.1) is 0 Å². The third-order valence-electron chi connectivity index (χ3n) is 7.18. The molecule has 3 saturated heterocycles. The molecule has 4 heterocycles. The summed E-state index contributed by atoms with van der Waals surface area (Å²) in [6.07, 6.45) is 4.81. The van der Waals surface area contributed by atoms with Crippen LogP contribution in [0.25, 0.3) is 0 Å². The van der Waals surface area contributed by atoms with Crippen molar-refractivity contribution in [3.63, 3.8) is 0 Å². The maximum Gasteiger partial charge on any atom is 0.262 e. The summed E-state index contributed by atoms with van der Waals surface area (Å²) in [5.74, 6) is -1.89. The Balaban J connectivity index is 1.35. The van der Waals surface area contributed by atoms with Crippen molar-refractivity contribution in [2.24, 2.45) is 0 Å². The highest BCUT2D eigenvalue weighted by molar-refractivity contribution is 6.23. The predicted molar refractivity (Wildman–Crippen MR) is 118 cm³/mol. The predicted octanol–water partition coefficient (Wildman–Crippen LogP) is 0.821. The van der Waals surface area contributed by atoms with Gasteiger partial charge in [0, 0.05) is 32.2 Å². The number of carbonyl (C=O) groups excluding carboxylic acids is 4. The standard InChI is InChI=1S/C24H30N4O5/c29-21-6-5-20(22(30)26-21)28-23(31)18-4-3-15(12-19(18)24(28)32)13-27(14-17-2-1-11-33-17)16-7-9-25-10-8-16/h3-4,12,16-17,20,25H,1-2,5-11,13-14H2,(H,26,29,30). The fraction of sp³-hybridized carbons (Fsp3) is 0.583. The minimum atomic E-state index is -0.940. The van der Waals surface area contributed by atoms with E-state index in [2.05, 4.69) is 15.5 Å². The molecule has 4 aliphatic heterocycles. The van der Waals surface area contributed by atoms with Crippen molar-refractivity contribution in [1.29, 1.82) is 0 Å². The fourth-order valence-corrected chi connectivity index (χ4v) is 5.42. The second-order valence-electron chi connectivity index (χ2n) is 9.37. The Labute approximate surface area is 192 Å². The number of piperidine rings is 2. The van der Waals surface area contributed by atoms with Crippen LogP contribution in [-0.4, -0.2) is 77.9 Å². The summed E-state index contributed by atoms with van der Waals surface area (Å²) < 4.78 is 5.89. The lowest BCUT2D eigenvalue weighted by Crippen LogP contribution is -2.54. The Kier molecular flexibility index (Phi) is 6.27. The number of carbonyl (C=O) groups is 4. The molecule has 0 aromatic heterocycles. The van der Waals surface area contributed by atoms with E-state index >= 15 is 0 Å². The first-order valence-corrected chi connectivity index (χ1v) is 11.9. The average Bonchev–Trinajstić information content (AvgIpc) is 3.41. The van der Waals surface area contributed by atoms with E-state index in [1.54, 1.807) is 12.1 Å². The van der Waals surface area contributed by atoms with Gasteiger partial charge < -0.3 is 10.1 Å². The van der Waals surface area contributed by atoms with Gasteiger partial charge in [0.15, 0.2) is 0 Å². The van der Waals surface area contributed by atoms with Crippen LogP contribution < -0.4 is 10.6 Å². The molecule has 4 amide bonds. The number of nitrogens with zero attached hydrogens (tertiary/aromatic N) is 2. The van der Waals surface area contributed by atoms with Crippen molar-refractivity contribution in [1.82, 2.24) is 20.4 Å². The number of nitrogens with one attached hydrogen (secondary N) is 2. The highest BCUT2D eigenvalue weighted by atomic mass is 16.5. The van der Waals surface area contributed by atoms with Crippen LogP contribution in [-0.2, 0) is 20.9 Å². The van der Waals surface area contributed by atoms with Crippen LogP contribution in [0.5, 0.6) is 0 Å². The molecule has 33 heavy (non-hydrogen) atoms. The third kappa shape index (κ3) is 4.45. The van der Waals surface area contributed by atoms with Crippen LogP contribution in [0.2, 0.25) is 0 Å². The van der Waals surface area contributed by atoms with Crippen LogP contribution >= 0.6 is 0 Å². The van der Waals surface area contributed by atoms with Crippen molar-refractivity contribution in [2.75, 3.05) is 26.2 Å². The topological polar surface area (TPSA) is 108 Å². The Bertz CT molecular complexity index is 968. The molecule has 0 bridgehead atoms. The summed E-state index contributed by atoms with van der Waals surface area (Å²) in [5, 5.41) is 5.65. The summed E-state index contributed by atoms with van der Waals surface area (Å²) in [4.78, 5) is 53.3. The molecule has 2 unspecified atom stereocenters. The maximum atomic E-state index is 13.2. The number of hydrogen-bond donors (Lipinski definition) is 2. The molecule has 0 spiro atoms. The van der Waals surface area contributed by atoms with Gasteiger partial charge in [0.05, 0.1) is 17.2 Å². The molecular formula is C24H30N4O5. The summed E-state index contributed by atoms with van der Waals surface area (Å²) >= 11 is 0. The van der Waals surface area contributed by atoms with Gasteiger partial charge in [0.2, 0.25) is 11.8 Å². The van der Waals surface area contributed by atoms with E-state index in [9.17, 15) is 19.2 Å². The first kappa shape index (κ1) is 22.2. The van der Waals surface area contributed by atoms with E-state index < -0.39 is 23.8 Å². The fourth-order valence-electron chi connectivity index (χ4n) is 5.42. The minimum Gasteiger partial charge on any atom is -0.377 e. The number of hydrogen-bond acceptors (Lipinski definition) is 7. The molecular weight excluding hydrogens is 424 g/mol. The van der Waals surface area contributed by atoms with Crippen molar-refractivity contribution < 1.29 is 23.9 Å². The molecule has 9 heteroatoms. The molecule has 2 N–H and O–H groups in total. The summed E-state index contributed by atoms with van der Waals surface area (Å²) in [5.41, 5.74) is 1.63. The van der Waals surface area contributed by atoms with Crippen molar-refractivity contribution in [3.05, 3.63) is 34.9 Å². The molecule has 5 rings (SSSR count). The molecule has 0 aliphatic carbocycles. The van der Waals surface area contributed by atoms with E-state index in [1.807, 2.05) is 6.07 Å². The van der Waals surface area contributed by atoms with Crippen LogP contribution in [0.1, 0.15) is 64.8 Å². The second-order valence-corrected chi connectivity index (χ2v) is 9.37. The van der Waals surface area contributed by atoms with Gasteiger partial charge in [0.25, 0.3) is 11.8 Å². The quantitative estimate of drug-likeness (QED) is 0.613. The molecule has 3 fully saturated rings. The summed E-state index contributed by atoms with van der Waals surface area (Å²) in [6, 6.07) is 4.90. The Hall–Kier alpha value is -2.62. The first-order valence-electron chi connectivity index (χ1n) is 11.9. The number of benzene rings is 1.